The third kappa shape index (κ3) is 4.28. The smallest absolute Gasteiger partial charge is 0.281 e. The molecule has 3 aromatic carbocycles. The van der Waals surface area contributed by atoms with E-state index in [1.165, 1.54) is 6.21 Å². The monoisotopic (exact) mass is 430 g/mol. The van der Waals surface area contributed by atoms with Crippen molar-refractivity contribution in [1.82, 2.24) is 5.43 Å². The van der Waals surface area contributed by atoms with Crippen molar-refractivity contribution in [3.63, 3.8) is 0 Å². The Morgan fingerprint density at radius 3 is 2.06 bits per heavy atom. The van der Waals surface area contributed by atoms with Gasteiger partial charge in [-0.15, -0.1) is 0 Å². The van der Waals surface area contributed by atoms with Crippen LogP contribution in [0.25, 0.3) is 11.3 Å². The van der Waals surface area contributed by atoms with Crippen LogP contribution in [0.4, 0.5) is 0 Å². The number of nitrogens with one attached hydrogen (secondary N) is 1. The van der Waals surface area contributed by atoms with Crippen LogP contribution in [0.5, 0.6) is 0 Å². The van der Waals surface area contributed by atoms with Gasteiger partial charge in [0.05, 0.1) is 11.2 Å². The number of amides is 1. The number of carbonyl (C=O) groups is 1. The van der Waals surface area contributed by atoms with Crippen molar-refractivity contribution in [2.45, 2.75) is 5.60 Å². The van der Waals surface area contributed by atoms with Crippen molar-refractivity contribution in [3.05, 3.63) is 119 Å². The Morgan fingerprint density at radius 1 is 0.871 bits per heavy atom. The maximum Gasteiger partial charge on any atom is 0.281 e. The second-order valence-electron chi connectivity index (χ2n) is 6.82. The second-order valence-corrected chi connectivity index (χ2v) is 7.23. The molecular formula is C25H19ClN2O3. The molecule has 5 nitrogen and oxygen atoms in total. The van der Waals surface area contributed by atoms with Crippen molar-refractivity contribution in [1.29, 1.82) is 0 Å². The fourth-order valence-electron chi connectivity index (χ4n) is 3.25. The summed E-state index contributed by atoms with van der Waals surface area (Å²) >= 11 is 6.20. The number of nitrogens with zero attached hydrogens (tertiary/aromatic N) is 1. The van der Waals surface area contributed by atoms with Gasteiger partial charge in [-0.2, -0.15) is 5.10 Å². The van der Waals surface area contributed by atoms with Gasteiger partial charge in [0.15, 0.2) is 5.60 Å². The summed E-state index contributed by atoms with van der Waals surface area (Å²) in [5, 5.41) is 15.9. The van der Waals surface area contributed by atoms with Gasteiger partial charge in [0, 0.05) is 5.56 Å². The molecule has 0 bridgehead atoms. The topological polar surface area (TPSA) is 74.8 Å². The van der Waals surface area contributed by atoms with Crippen molar-refractivity contribution in [2.75, 3.05) is 0 Å². The standard InChI is InChI=1S/C25H19ClN2O3/c26-22-14-8-7-13-21(22)23-16-15-20(31-23)17-27-28-24(29)25(30,18-9-3-1-4-10-18)19-11-5-2-6-12-19/h1-17,30H,(H,28,29). The molecule has 1 amide bonds. The first kappa shape index (κ1) is 20.6. The number of hydrogen-bond donors (Lipinski definition) is 2. The Hall–Kier alpha value is -3.67. The molecule has 0 spiro atoms. The van der Waals surface area contributed by atoms with Gasteiger partial charge >= 0.3 is 0 Å². The van der Waals surface area contributed by atoms with Gasteiger partial charge in [-0.25, -0.2) is 5.43 Å². The average molecular weight is 431 g/mol. The fraction of sp³-hybridized carbons (Fsp3) is 0.0400. The largest absolute Gasteiger partial charge is 0.455 e. The molecule has 0 atom stereocenters. The lowest BCUT2D eigenvalue weighted by atomic mass is 9.85. The van der Waals surface area contributed by atoms with Crippen molar-refractivity contribution >= 4 is 23.7 Å². The van der Waals surface area contributed by atoms with E-state index in [0.29, 0.717) is 27.7 Å². The Kier molecular flexibility index (Phi) is 5.98. The van der Waals surface area contributed by atoms with Crippen LogP contribution in [-0.4, -0.2) is 17.2 Å². The predicted octanol–water partition coefficient (Wildman–Crippen LogP) is 4.99. The maximum atomic E-state index is 13.0. The quantitative estimate of drug-likeness (QED) is 0.334. The highest BCUT2D eigenvalue weighted by molar-refractivity contribution is 6.33. The van der Waals surface area contributed by atoms with E-state index >= 15 is 0 Å². The molecule has 1 heterocycles. The summed E-state index contributed by atoms with van der Waals surface area (Å²) in [6.07, 6.45) is 1.37. The Labute approximate surface area is 184 Å². The lowest BCUT2D eigenvalue weighted by Crippen LogP contribution is -2.43. The molecule has 4 rings (SSSR count). The van der Waals surface area contributed by atoms with Crippen LogP contribution in [0.15, 0.2) is 107 Å². The Morgan fingerprint density at radius 2 is 1.45 bits per heavy atom. The zero-order valence-corrected chi connectivity index (χ0v) is 17.2. The molecule has 0 saturated carbocycles. The predicted molar refractivity (Wildman–Crippen MR) is 121 cm³/mol. The van der Waals surface area contributed by atoms with Crippen LogP contribution in [-0.2, 0) is 10.4 Å². The minimum absolute atomic E-state index is 0.429. The van der Waals surface area contributed by atoms with E-state index in [1.54, 1.807) is 66.7 Å². The number of halogens is 1. The van der Waals surface area contributed by atoms with Gasteiger partial charge in [-0.3, -0.25) is 4.79 Å². The van der Waals surface area contributed by atoms with Crippen molar-refractivity contribution in [2.24, 2.45) is 5.10 Å². The third-order valence-corrected chi connectivity index (χ3v) is 5.17. The van der Waals surface area contributed by atoms with Gasteiger partial charge in [0.25, 0.3) is 5.91 Å². The summed E-state index contributed by atoms with van der Waals surface area (Å²) in [6, 6.07) is 28.3. The molecule has 6 heteroatoms. The van der Waals surface area contributed by atoms with Gasteiger partial charge in [-0.1, -0.05) is 84.4 Å². The van der Waals surface area contributed by atoms with Crippen LogP contribution < -0.4 is 5.43 Å². The molecular weight excluding hydrogens is 412 g/mol. The summed E-state index contributed by atoms with van der Waals surface area (Å²) in [6.45, 7) is 0. The molecule has 0 radical (unpaired) electrons. The average Bonchev–Trinajstić information content (AvgIpc) is 3.28. The van der Waals surface area contributed by atoms with E-state index < -0.39 is 11.5 Å². The van der Waals surface area contributed by atoms with Crippen molar-refractivity contribution < 1.29 is 14.3 Å². The Bertz CT molecular complexity index is 1160. The van der Waals surface area contributed by atoms with Crippen molar-refractivity contribution in [3.8, 4) is 11.3 Å². The molecule has 0 aliphatic heterocycles. The number of carbonyl (C=O) groups excluding carboxylic acids is 1. The molecule has 0 aliphatic rings. The van der Waals surface area contributed by atoms with Gasteiger partial charge in [-0.05, 0) is 35.4 Å². The number of benzene rings is 3. The maximum absolute atomic E-state index is 13.0. The molecule has 0 unspecified atom stereocenters. The molecule has 0 fully saturated rings. The molecule has 1 aromatic heterocycles. The number of hydrazone groups is 1. The summed E-state index contributed by atoms with van der Waals surface area (Å²) in [7, 11) is 0. The first-order valence-electron chi connectivity index (χ1n) is 9.60. The summed E-state index contributed by atoms with van der Waals surface area (Å²) in [5.41, 5.74) is 2.16. The highest BCUT2D eigenvalue weighted by atomic mass is 35.5. The summed E-state index contributed by atoms with van der Waals surface area (Å²) in [4.78, 5) is 13.0. The summed E-state index contributed by atoms with van der Waals surface area (Å²) in [5.74, 6) is 0.334. The molecule has 31 heavy (non-hydrogen) atoms. The zero-order valence-electron chi connectivity index (χ0n) is 16.4. The normalized spacial score (nSPS) is 11.5. The second kappa shape index (κ2) is 9.00. The minimum atomic E-state index is -1.90. The molecule has 154 valence electrons. The Balaban J connectivity index is 1.55. The number of furan rings is 1. The van der Waals surface area contributed by atoms with E-state index in [0.717, 1.165) is 5.56 Å². The lowest BCUT2D eigenvalue weighted by molar-refractivity contribution is -0.136. The first-order chi connectivity index (χ1) is 15.1. The fourth-order valence-corrected chi connectivity index (χ4v) is 3.48. The molecule has 4 aromatic rings. The number of rotatable bonds is 6. The van der Waals surface area contributed by atoms with Gasteiger partial charge in [0.2, 0.25) is 0 Å². The van der Waals surface area contributed by atoms with E-state index in [-0.39, 0.29) is 0 Å². The molecule has 0 aliphatic carbocycles. The number of hydrogen-bond acceptors (Lipinski definition) is 4. The minimum Gasteiger partial charge on any atom is -0.455 e. The van der Waals surface area contributed by atoms with E-state index in [1.807, 2.05) is 30.3 Å². The zero-order chi connectivity index (χ0) is 21.7. The number of aliphatic hydroxyl groups is 1. The van der Waals surface area contributed by atoms with Gasteiger partial charge in [0.1, 0.15) is 11.5 Å². The van der Waals surface area contributed by atoms with E-state index in [2.05, 4.69) is 10.5 Å². The first-order valence-corrected chi connectivity index (χ1v) is 9.98. The SMILES string of the molecule is O=C(NN=Cc1ccc(-c2ccccc2Cl)o1)C(O)(c1ccccc1)c1ccccc1. The van der Waals surface area contributed by atoms with Crippen LogP contribution in [0.2, 0.25) is 5.02 Å². The van der Waals surface area contributed by atoms with Crippen LogP contribution in [0.1, 0.15) is 16.9 Å². The lowest BCUT2D eigenvalue weighted by Gasteiger charge is -2.26. The van der Waals surface area contributed by atoms with Gasteiger partial charge < -0.3 is 9.52 Å². The third-order valence-electron chi connectivity index (χ3n) is 4.84. The van der Waals surface area contributed by atoms with Crippen LogP contribution >= 0.6 is 11.6 Å². The highest BCUT2D eigenvalue weighted by Crippen LogP contribution is 2.30. The van der Waals surface area contributed by atoms with E-state index in [9.17, 15) is 9.90 Å². The highest BCUT2D eigenvalue weighted by Gasteiger charge is 2.39. The van der Waals surface area contributed by atoms with Crippen LogP contribution in [0, 0.1) is 0 Å². The van der Waals surface area contributed by atoms with E-state index in [4.69, 9.17) is 16.0 Å². The summed E-state index contributed by atoms with van der Waals surface area (Å²) < 4.78 is 5.74. The van der Waals surface area contributed by atoms with Crippen LogP contribution in [0.3, 0.4) is 0 Å². The molecule has 0 saturated heterocycles. The molecule has 2 N–H and O–H groups in total.